The van der Waals surface area contributed by atoms with Gasteiger partial charge >= 0.3 is 5.97 Å². The summed E-state index contributed by atoms with van der Waals surface area (Å²) in [6.07, 6.45) is 0.0463. The lowest BCUT2D eigenvalue weighted by molar-refractivity contribution is -0.141. The molecular formula is C9H19NO3. The van der Waals surface area contributed by atoms with Crippen LogP contribution in [-0.4, -0.2) is 30.3 Å². The summed E-state index contributed by atoms with van der Waals surface area (Å²) >= 11 is 0. The second-order valence-corrected chi connectivity index (χ2v) is 3.65. The molecule has 0 radical (unpaired) electrons. The van der Waals surface area contributed by atoms with Gasteiger partial charge in [-0.25, -0.2) is 0 Å². The summed E-state index contributed by atoms with van der Waals surface area (Å²) < 4.78 is 5.22. The van der Waals surface area contributed by atoms with E-state index >= 15 is 0 Å². The lowest BCUT2D eigenvalue weighted by Gasteiger charge is -2.31. The molecule has 3 N–H and O–H groups in total. The molecule has 0 bridgehead atoms. The van der Waals surface area contributed by atoms with E-state index in [1.54, 1.807) is 0 Å². The molecule has 0 heterocycles. The van der Waals surface area contributed by atoms with Crippen LogP contribution in [0.4, 0.5) is 0 Å². The Labute approximate surface area is 79.1 Å². The summed E-state index contributed by atoms with van der Waals surface area (Å²) in [4.78, 5) is 10.6. The van der Waals surface area contributed by atoms with Crippen LogP contribution in [0.2, 0.25) is 0 Å². The van der Waals surface area contributed by atoms with Crippen LogP contribution in [0.25, 0.3) is 0 Å². The maximum atomic E-state index is 10.6. The summed E-state index contributed by atoms with van der Waals surface area (Å²) in [5.74, 6) is -0.834. The molecule has 4 heteroatoms. The van der Waals surface area contributed by atoms with E-state index in [2.05, 4.69) is 0 Å². The third-order valence-electron chi connectivity index (χ3n) is 2.29. The monoisotopic (exact) mass is 189 g/mol. The molecule has 0 spiro atoms. The minimum Gasteiger partial charge on any atom is -0.481 e. The van der Waals surface area contributed by atoms with Gasteiger partial charge in [-0.2, -0.15) is 0 Å². The van der Waals surface area contributed by atoms with Crippen LogP contribution in [0.1, 0.15) is 27.2 Å². The highest BCUT2D eigenvalue weighted by molar-refractivity contribution is 5.67. The lowest BCUT2D eigenvalue weighted by atomic mass is 9.81. The van der Waals surface area contributed by atoms with Gasteiger partial charge in [-0.3, -0.25) is 4.79 Å². The molecule has 0 aromatic heterocycles. The van der Waals surface area contributed by atoms with Crippen molar-refractivity contribution in [3.05, 3.63) is 0 Å². The van der Waals surface area contributed by atoms with Gasteiger partial charge in [0.25, 0.3) is 0 Å². The molecule has 0 aromatic carbocycles. The fourth-order valence-corrected chi connectivity index (χ4v) is 1.02. The van der Waals surface area contributed by atoms with Crippen molar-refractivity contribution in [2.24, 2.45) is 11.1 Å². The van der Waals surface area contributed by atoms with Crippen molar-refractivity contribution in [1.82, 2.24) is 0 Å². The van der Waals surface area contributed by atoms with Gasteiger partial charge in [0.1, 0.15) is 0 Å². The van der Waals surface area contributed by atoms with Crippen molar-refractivity contribution in [3.8, 4) is 0 Å². The quantitative estimate of drug-likeness (QED) is 0.649. The first kappa shape index (κ1) is 12.4. The largest absolute Gasteiger partial charge is 0.481 e. The van der Waals surface area contributed by atoms with Crippen molar-refractivity contribution in [2.45, 2.75) is 33.2 Å². The second-order valence-electron chi connectivity index (χ2n) is 3.65. The number of nitrogens with two attached hydrogens (primary N) is 1. The normalized spacial score (nSPS) is 17.8. The van der Waals surface area contributed by atoms with Crippen molar-refractivity contribution >= 4 is 5.97 Å². The zero-order chi connectivity index (χ0) is 10.5. The first-order chi connectivity index (χ1) is 5.92. The summed E-state index contributed by atoms with van der Waals surface area (Å²) in [5.41, 5.74) is 5.25. The predicted molar refractivity (Wildman–Crippen MR) is 50.5 cm³/mol. The molecule has 4 nitrogen and oxygen atoms in total. The van der Waals surface area contributed by atoms with Gasteiger partial charge in [0.2, 0.25) is 0 Å². The maximum absolute atomic E-state index is 10.6. The van der Waals surface area contributed by atoms with Crippen LogP contribution in [0, 0.1) is 5.41 Å². The Bertz CT molecular complexity index is 170. The second kappa shape index (κ2) is 5.19. The Morgan fingerprint density at radius 3 is 2.54 bits per heavy atom. The average molecular weight is 189 g/mol. The van der Waals surface area contributed by atoms with Crippen LogP contribution >= 0.6 is 0 Å². The van der Waals surface area contributed by atoms with Gasteiger partial charge in [-0.15, -0.1) is 0 Å². The Hall–Kier alpha value is -0.610. The fraction of sp³-hybridized carbons (Fsp3) is 0.889. The zero-order valence-corrected chi connectivity index (χ0v) is 8.54. The minimum atomic E-state index is -0.834. The number of carboxylic acid groups (broad SMARTS) is 1. The summed E-state index contributed by atoms with van der Waals surface area (Å²) in [7, 11) is 0. The van der Waals surface area contributed by atoms with Crippen LogP contribution in [0.15, 0.2) is 0 Å². The number of rotatable bonds is 6. The molecule has 0 fully saturated rings. The van der Waals surface area contributed by atoms with E-state index in [0.29, 0.717) is 13.2 Å². The predicted octanol–water partition coefficient (Wildman–Crippen LogP) is 0.851. The molecule has 78 valence electrons. The van der Waals surface area contributed by atoms with E-state index in [-0.39, 0.29) is 12.5 Å². The zero-order valence-electron chi connectivity index (χ0n) is 8.54. The van der Waals surface area contributed by atoms with Crippen molar-refractivity contribution in [3.63, 3.8) is 0 Å². The van der Waals surface area contributed by atoms with E-state index in [1.165, 1.54) is 0 Å². The highest BCUT2D eigenvalue weighted by atomic mass is 16.5. The molecule has 0 amide bonds. The standard InChI is InChI=1S/C9H19NO3/c1-4-13-6-9(3,7(2)10)5-8(11)12/h7H,4-6,10H2,1-3H3,(H,11,12). The molecule has 0 aliphatic rings. The molecule has 0 saturated carbocycles. The molecule has 2 atom stereocenters. The molecule has 0 saturated heterocycles. The molecule has 0 aliphatic carbocycles. The number of carboxylic acids is 1. The Kier molecular flexibility index (Phi) is 4.95. The van der Waals surface area contributed by atoms with Crippen LogP contribution in [0.5, 0.6) is 0 Å². The first-order valence-corrected chi connectivity index (χ1v) is 4.47. The van der Waals surface area contributed by atoms with E-state index < -0.39 is 11.4 Å². The Balaban J connectivity index is 4.24. The Morgan fingerprint density at radius 2 is 2.23 bits per heavy atom. The molecule has 13 heavy (non-hydrogen) atoms. The maximum Gasteiger partial charge on any atom is 0.304 e. The van der Waals surface area contributed by atoms with Gasteiger partial charge in [0.05, 0.1) is 13.0 Å². The average Bonchev–Trinajstić information content (AvgIpc) is 1.99. The molecule has 0 aliphatic heterocycles. The van der Waals surface area contributed by atoms with E-state index in [0.717, 1.165) is 0 Å². The van der Waals surface area contributed by atoms with Crippen LogP contribution < -0.4 is 5.73 Å². The van der Waals surface area contributed by atoms with Crippen molar-refractivity contribution in [2.75, 3.05) is 13.2 Å². The number of ether oxygens (including phenoxy) is 1. The number of aliphatic carboxylic acids is 1. The van der Waals surface area contributed by atoms with Gasteiger partial charge in [0.15, 0.2) is 0 Å². The van der Waals surface area contributed by atoms with Crippen LogP contribution in [-0.2, 0) is 9.53 Å². The van der Waals surface area contributed by atoms with E-state index in [4.69, 9.17) is 15.6 Å². The third-order valence-corrected chi connectivity index (χ3v) is 2.29. The van der Waals surface area contributed by atoms with E-state index in [9.17, 15) is 4.79 Å². The molecular weight excluding hydrogens is 170 g/mol. The minimum absolute atomic E-state index is 0.0463. The highest BCUT2D eigenvalue weighted by Gasteiger charge is 2.31. The smallest absolute Gasteiger partial charge is 0.304 e. The first-order valence-electron chi connectivity index (χ1n) is 4.47. The highest BCUT2D eigenvalue weighted by Crippen LogP contribution is 2.25. The lowest BCUT2D eigenvalue weighted by Crippen LogP contribution is -2.42. The van der Waals surface area contributed by atoms with Gasteiger partial charge in [-0.1, -0.05) is 6.92 Å². The van der Waals surface area contributed by atoms with Gasteiger partial charge < -0.3 is 15.6 Å². The summed E-state index contributed by atoms with van der Waals surface area (Å²) in [6.45, 7) is 6.50. The number of hydrogen-bond acceptors (Lipinski definition) is 3. The van der Waals surface area contributed by atoms with Gasteiger partial charge in [-0.05, 0) is 13.8 Å². The van der Waals surface area contributed by atoms with Crippen LogP contribution in [0.3, 0.4) is 0 Å². The molecule has 0 aromatic rings. The summed E-state index contributed by atoms with van der Waals surface area (Å²) in [6, 6.07) is -0.185. The van der Waals surface area contributed by atoms with Gasteiger partial charge in [0, 0.05) is 18.1 Å². The molecule has 2 unspecified atom stereocenters. The topological polar surface area (TPSA) is 72.5 Å². The molecule has 0 rings (SSSR count). The number of carbonyl (C=O) groups is 1. The van der Waals surface area contributed by atoms with Crippen molar-refractivity contribution < 1.29 is 14.6 Å². The Morgan fingerprint density at radius 1 is 1.69 bits per heavy atom. The van der Waals surface area contributed by atoms with E-state index in [1.807, 2.05) is 20.8 Å². The SMILES string of the molecule is CCOCC(C)(CC(=O)O)C(C)N. The fourth-order valence-electron chi connectivity index (χ4n) is 1.02. The number of hydrogen-bond donors (Lipinski definition) is 2. The van der Waals surface area contributed by atoms with Crippen molar-refractivity contribution in [1.29, 1.82) is 0 Å². The third kappa shape index (κ3) is 4.24. The summed E-state index contributed by atoms with van der Waals surface area (Å²) in [5, 5.41) is 8.69.